The first-order valence-corrected chi connectivity index (χ1v) is 10.2. The molecule has 1 aliphatic heterocycles. The van der Waals surface area contributed by atoms with Crippen LogP contribution in [0.1, 0.15) is 62.4 Å². The van der Waals surface area contributed by atoms with Gasteiger partial charge in [-0.15, -0.1) is 0 Å². The van der Waals surface area contributed by atoms with Gasteiger partial charge in [0.1, 0.15) is 11.6 Å². The molecule has 0 aromatic carbocycles. The maximum Gasteiger partial charge on any atom is 0.345 e. The van der Waals surface area contributed by atoms with Crippen molar-refractivity contribution in [1.82, 2.24) is 24.8 Å². The van der Waals surface area contributed by atoms with E-state index in [1.165, 1.54) is 0 Å². The SMILES string of the molecule is Cc1noc(C)c1CCC(=O)NC1CCc2nn(CCC(C)C)c(=O)n2CC1. The van der Waals surface area contributed by atoms with Gasteiger partial charge in [0.25, 0.3) is 0 Å². The second-order valence-electron chi connectivity index (χ2n) is 8.15. The number of aryl methyl sites for hydroxylation is 4. The normalized spacial score (nSPS) is 16.8. The highest BCUT2D eigenvalue weighted by Crippen LogP contribution is 2.16. The van der Waals surface area contributed by atoms with Gasteiger partial charge in [0, 0.05) is 37.5 Å². The molecule has 28 heavy (non-hydrogen) atoms. The van der Waals surface area contributed by atoms with Crippen LogP contribution >= 0.6 is 0 Å². The van der Waals surface area contributed by atoms with Gasteiger partial charge in [-0.2, -0.15) is 5.10 Å². The van der Waals surface area contributed by atoms with Crippen LogP contribution in [0.5, 0.6) is 0 Å². The average molecular weight is 390 g/mol. The van der Waals surface area contributed by atoms with Crippen molar-refractivity contribution in [3.63, 3.8) is 0 Å². The van der Waals surface area contributed by atoms with Crippen LogP contribution in [-0.2, 0) is 30.7 Å². The minimum absolute atomic E-state index is 0.0267. The quantitative estimate of drug-likeness (QED) is 0.783. The number of rotatable bonds is 7. The molecule has 2 aromatic rings. The van der Waals surface area contributed by atoms with E-state index in [0.29, 0.717) is 38.3 Å². The molecule has 154 valence electrons. The molecule has 1 aliphatic rings. The highest BCUT2D eigenvalue weighted by Gasteiger charge is 2.22. The maximum atomic E-state index is 12.6. The second kappa shape index (κ2) is 8.75. The van der Waals surface area contributed by atoms with Gasteiger partial charge in [0.2, 0.25) is 5.91 Å². The number of carbonyl (C=O) groups excluding carboxylic acids is 1. The van der Waals surface area contributed by atoms with Crippen molar-refractivity contribution in [3.8, 4) is 0 Å². The zero-order chi connectivity index (χ0) is 20.3. The highest BCUT2D eigenvalue weighted by molar-refractivity contribution is 5.76. The second-order valence-corrected chi connectivity index (χ2v) is 8.15. The Morgan fingerprint density at radius 3 is 2.79 bits per heavy atom. The zero-order valence-electron chi connectivity index (χ0n) is 17.3. The Morgan fingerprint density at radius 2 is 2.11 bits per heavy atom. The summed E-state index contributed by atoms with van der Waals surface area (Å²) in [5.41, 5.74) is 1.83. The molecule has 3 rings (SSSR count). The van der Waals surface area contributed by atoms with E-state index in [-0.39, 0.29) is 17.6 Å². The lowest BCUT2D eigenvalue weighted by molar-refractivity contribution is -0.121. The monoisotopic (exact) mass is 389 g/mol. The molecule has 3 heterocycles. The van der Waals surface area contributed by atoms with Crippen LogP contribution in [0.2, 0.25) is 0 Å². The molecule has 1 unspecified atom stereocenters. The first-order chi connectivity index (χ1) is 13.3. The Labute approximate surface area is 165 Å². The first kappa shape index (κ1) is 20.4. The van der Waals surface area contributed by atoms with Gasteiger partial charge in [0.05, 0.1) is 5.69 Å². The van der Waals surface area contributed by atoms with Crippen LogP contribution in [-0.4, -0.2) is 31.5 Å². The van der Waals surface area contributed by atoms with E-state index in [0.717, 1.165) is 42.1 Å². The molecule has 0 aliphatic carbocycles. The summed E-state index contributed by atoms with van der Waals surface area (Å²) >= 11 is 0. The van der Waals surface area contributed by atoms with Gasteiger partial charge < -0.3 is 9.84 Å². The Bertz CT molecular complexity index is 858. The minimum atomic E-state index is -0.0268. The lowest BCUT2D eigenvalue weighted by atomic mass is 10.1. The van der Waals surface area contributed by atoms with Crippen LogP contribution in [0.15, 0.2) is 9.32 Å². The number of aromatic nitrogens is 4. The first-order valence-electron chi connectivity index (χ1n) is 10.2. The number of nitrogens with zero attached hydrogens (tertiary/aromatic N) is 4. The summed E-state index contributed by atoms with van der Waals surface area (Å²) < 4.78 is 8.52. The molecule has 8 heteroatoms. The van der Waals surface area contributed by atoms with Gasteiger partial charge in [-0.25, -0.2) is 9.48 Å². The van der Waals surface area contributed by atoms with Gasteiger partial charge in [-0.05, 0) is 45.4 Å². The Hall–Kier alpha value is -2.38. The molecular weight excluding hydrogens is 358 g/mol. The molecule has 0 saturated carbocycles. The van der Waals surface area contributed by atoms with Crippen molar-refractivity contribution >= 4 is 5.91 Å². The van der Waals surface area contributed by atoms with E-state index in [1.807, 2.05) is 13.8 Å². The van der Waals surface area contributed by atoms with Crippen LogP contribution in [0.3, 0.4) is 0 Å². The van der Waals surface area contributed by atoms with Gasteiger partial charge in [0.15, 0.2) is 0 Å². The number of amides is 1. The number of hydrogen-bond acceptors (Lipinski definition) is 5. The smallest absolute Gasteiger partial charge is 0.345 e. The van der Waals surface area contributed by atoms with E-state index >= 15 is 0 Å². The van der Waals surface area contributed by atoms with Crippen molar-refractivity contribution < 1.29 is 9.32 Å². The molecule has 0 bridgehead atoms. The fraction of sp³-hybridized carbons (Fsp3) is 0.700. The number of fused-ring (bicyclic) bond motifs is 1. The molecule has 0 spiro atoms. The topological polar surface area (TPSA) is 95.0 Å². The summed E-state index contributed by atoms with van der Waals surface area (Å²) in [4.78, 5) is 24.9. The predicted octanol–water partition coefficient (Wildman–Crippen LogP) is 2.15. The predicted molar refractivity (Wildman–Crippen MR) is 105 cm³/mol. The third-order valence-corrected chi connectivity index (χ3v) is 5.48. The van der Waals surface area contributed by atoms with E-state index in [4.69, 9.17) is 4.52 Å². The number of hydrogen-bond donors (Lipinski definition) is 1. The van der Waals surface area contributed by atoms with Crippen molar-refractivity contribution in [2.45, 2.75) is 85.4 Å². The van der Waals surface area contributed by atoms with Crippen molar-refractivity contribution in [2.75, 3.05) is 0 Å². The summed E-state index contributed by atoms with van der Waals surface area (Å²) in [6, 6.07) is 0.0717. The summed E-state index contributed by atoms with van der Waals surface area (Å²) in [6.45, 7) is 9.32. The van der Waals surface area contributed by atoms with E-state index in [1.54, 1.807) is 9.25 Å². The van der Waals surface area contributed by atoms with Gasteiger partial charge in [-0.3, -0.25) is 9.36 Å². The van der Waals surface area contributed by atoms with Crippen LogP contribution in [0.4, 0.5) is 0 Å². The summed E-state index contributed by atoms with van der Waals surface area (Å²) in [6.07, 6.45) is 4.24. The van der Waals surface area contributed by atoms with Crippen molar-refractivity contribution in [3.05, 3.63) is 33.3 Å². The molecule has 0 fully saturated rings. The molecular formula is C20H31N5O3. The van der Waals surface area contributed by atoms with Crippen LogP contribution < -0.4 is 11.0 Å². The third kappa shape index (κ3) is 4.72. The van der Waals surface area contributed by atoms with E-state index in [2.05, 4.69) is 29.4 Å². The molecule has 2 aromatic heterocycles. The summed E-state index contributed by atoms with van der Waals surface area (Å²) in [5.74, 6) is 2.18. The highest BCUT2D eigenvalue weighted by atomic mass is 16.5. The van der Waals surface area contributed by atoms with Crippen molar-refractivity contribution in [1.29, 1.82) is 0 Å². The Morgan fingerprint density at radius 1 is 1.32 bits per heavy atom. The minimum Gasteiger partial charge on any atom is -0.361 e. The third-order valence-electron chi connectivity index (χ3n) is 5.48. The molecule has 1 N–H and O–H groups in total. The average Bonchev–Trinajstić information content (AvgIpc) is 3.03. The summed E-state index contributed by atoms with van der Waals surface area (Å²) in [7, 11) is 0. The Kier molecular flexibility index (Phi) is 6.36. The van der Waals surface area contributed by atoms with Crippen LogP contribution in [0.25, 0.3) is 0 Å². The number of nitrogens with one attached hydrogen (secondary N) is 1. The summed E-state index contributed by atoms with van der Waals surface area (Å²) in [5, 5.41) is 11.6. The molecule has 1 amide bonds. The van der Waals surface area contributed by atoms with E-state index < -0.39 is 0 Å². The fourth-order valence-corrected chi connectivity index (χ4v) is 3.70. The lowest BCUT2D eigenvalue weighted by Crippen LogP contribution is -2.36. The van der Waals surface area contributed by atoms with Gasteiger partial charge >= 0.3 is 5.69 Å². The molecule has 1 atom stereocenters. The fourth-order valence-electron chi connectivity index (χ4n) is 3.70. The molecule has 0 radical (unpaired) electrons. The van der Waals surface area contributed by atoms with Crippen LogP contribution in [0, 0.1) is 19.8 Å². The molecule has 0 saturated heterocycles. The van der Waals surface area contributed by atoms with Crippen molar-refractivity contribution in [2.24, 2.45) is 5.92 Å². The Balaban J connectivity index is 1.52. The number of carbonyl (C=O) groups is 1. The molecule has 8 nitrogen and oxygen atoms in total. The maximum absolute atomic E-state index is 12.6. The standard InChI is InChI=1S/C20H31N5O3/c1-13(2)9-12-25-20(27)24-11-10-16(5-7-18(24)22-25)21-19(26)8-6-17-14(3)23-28-15(17)4/h13,16H,5-12H2,1-4H3,(H,21,26). The zero-order valence-corrected chi connectivity index (χ0v) is 17.3. The van der Waals surface area contributed by atoms with E-state index in [9.17, 15) is 9.59 Å². The lowest BCUT2D eigenvalue weighted by Gasteiger charge is -2.16. The van der Waals surface area contributed by atoms with Gasteiger partial charge in [-0.1, -0.05) is 19.0 Å². The largest absolute Gasteiger partial charge is 0.361 e.